The van der Waals surface area contributed by atoms with Crippen molar-refractivity contribution in [3.05, 3.63) is 0 Å². The molecule has 0 aliphatic carbocycles. The largest absolute Gasteiger partial charge is 0.380 e. The zero-order chi connectivity index (χ0) is 14.3. The maximum absolute atomic E-state index is 5.55. The van der Waals surface area contributed by atoms with Gasteiger partial charge < -0.3 is 10.1 Å². The summed E-state index contributed by atoms with van der Waals surface area (Å²) in [6.45, 7) is 16.5. The van der Waals surface area contributed by atoms with E-state index in [0.717, 1.165) is 38.1 Å². The van der Waals surface area contributed by atoms with Crippen molar-refractivity contribution in [2.75, 3.05) is 32.8 Å². The summed E-state index contributed by atoms with van der Waals surface area (Å²) >= 11 is 0. The molecule has 1 heterocycles. The predicted octanol–water partition coefficient (Wildman–Crippen LogP) is 2.76. The minimum Gasteiger partial charge on any atom is -0.380 e. The Balaban J connectivity index is 2.52. The van der Waals surface area contributed by atoms with Crippen LogP contribution >= 0.6 is 0 Å². The third kappa shape index (κ3) is 5.80. The van der Waals surface area contributed by atoms with Crippen LogP contribution in [-0.4, -0.2) is 49.8 Å². The van der Waals surface area contributed by atoms with E-state index in [1.807, 2.05) is 0 Å². The molecule has 3 nitrogen and oxygen atoms in total. The van der Waals surface area contributed by atoms with Crippen LogP contribution in [0.15, 0.2) is 0 Å². The Kier molecular flexibility index (Phi) is 7.96. The molecule has 0 aromatic carbocycles. The molecular formula is C16H34N2O. The second-order valence-electron chi connectivity index (χ2n) is 6.38. The monoisotopic (exact) mass is 270 g/mol. The van der Waals surface area contributed by atoms with E-state index in [9.17, 15) is 0 Å². The van der Waals surface area contributed by atoms with Gasteiger partial charge in [0.15, 0.2) is 0 Å². The van der Waals surface area contributed by atoms with Gasteiger partial charge in [0, 0.05) is 38.3 Å². The first-order valence-electron chi connectivity index (χ1n) is 8.13. The van der Waals surface area contributed by atoms with Gasteiger partial charge in [-0.2, -0.15) is 0 Å². The topological polar surface area (TPSA) is 24.5 Å². The van der Waals surface area contributed by atoms with Crippen LogP contribution in [0, 0.1) is 11.8 Å². The fourth-order valence-electron chi connectivity index (χ4n) is 2.92. The first-order valence-corrected chi connectivity index (χ1v) is 8.13. The number of piperazine rings is 1. The van der Waals surface area contributed by atoms with E-state index in [1.165, 1.54) is 19.4 Å². The Bertz CT molecular complexity index is 233. The summed E-state index contributed by atoms with van der Waals surface area (Å²) < 4.78 is 5.55. The normalized spacial score (nSPS) is 26.8. The van der Waals surface area contributed by atoms with Crippen LogP contribution in [0.25, 0.3) is 0 Å². The molecule has 0 bridgehead atoms. The van der Waals surface area contributed by atoms with Crippen LogP contribution in [0.3, 0.4) is 0 Å². The second kappa shape index (κ2) is 8.93. The van der Waals surface area contributed by atoms with Crippen LogP contribution in [0.2, 0.25) is 0 Å². The van der Waals surface area contributed by atoms with Crippen LogP contribution in [0.5, 0.6) is 0 Å². The Labute approximate surface area is 120 Å². The molecule has 0 spiro atoms. The molecule has 19 heavy (non-hydrogen) atoms. The van der Waals surface area contributed by atoms with E-state index in [4.69, 9.17) is 4.74 Å². The van der Waals surface area contributed by atoms with E-state index in [-0.39, 0.29) is 0 Å². The average Bonchev–Trinajstić information content (AvgIpc) is 2.39. The number of nitrogens with one attached hydrogen (secondary N) is 1. The summed E-state index contributed by atoms with van der Waals surface area (Å²) in [5.41, 5.74) is 0. The van der Waals surface area contributed by atoms with Crippen molar-refractivity contribution in [1.29, 1.82) is 0 Å². The molecule has 0 aromatic rings. The van der Waals surface area contributed by atoms with Crippen molar-refractivity contribution in [3.63, 3.8) is 0 Å². The van der Waals surface area contributed by atoms with Gasteiger partial charge in [-0.3, -0.25) is 4.90 Å². The van der Waals surface area contributed by atoms with Crippen molar-refractivity contribution < 1.29 is 4.74 Å². The molecule has 1 fully saturated rings. The Morgan fingerprint density at radius 1 is 1.26 bits per heavy atom. The zero-order valence-corrected chi connectivity index (χ0v) is 13.6. The maximum Gasteiger partial charge on any atom is 0.0593 e. The fourth-order valence-corrected chi connectivity index (χ4v) is 2.92. The van der Waals surface area contributed by atoms with E-state index < -0.39 is 0 Å². The first-order chi connectivity index (χ1) is 9.08. The number of hydrogen-bond donors (Lipinski definition) is 1. The lowest BCUT2D eigenvalue weighted by molar-refractivity contribution is 0.0541. The van der Waals surface area contributed by atoms with Crippen molar-refractivity contribution in [3.8, 4) is 0 Å². The van der Waals surface area contributed by atoms with Crippen LogP contribution in [-0.2, 0) is 4.74 Å². The molecule has 114 valence electrons. The minimum absolute atomic E-state index is 0.648. The average molecular weight is 270 g/mol. The van der Waals surface area contributed by atoms with E-state index in [0.29, 0.717) is 12.1 Å². The highest BCUT2D eigenvalue weighted by Crippen LogP contribution is 2.19. The molecule has 0 aromatic heterocycles. The van der Waals surface area contributed by atoms with Crippen LogP contribution in [0.1, 0.15) is 47.5 Å². The molecule has 1 rings (SSSR count). The lowest BCUT2D eigenvalue weighted by atomic mass is 9.93. The number of rotatable bonds is 8. The SMILES string of the molecule is CCOCCN1CC(C(C)CC)NCC1CC(C)C. The molecule has 3 unspecified atom stereocenters. The molecule has 3 atom stereocenters. The standard InChI is InChI=1S/C16H34N2O/c1-6-14(5)16-12-18(8-9-19-7-2)15(11-17-16)10-13(3)4/h13-17H,6-12H2,1-5H3. The highest BCUT2D eigenvalue weighted by atomic mass is 16.5. The highest BCUT2D eigenvalue weighted by Gasteiger charge is 2.29. The molecule has 1 saturated heterocycles. The Morgan fingerprint density at radius 2 is 2.00 bits per heavy atom. The van der Waals surface area contributed by atoms with Gasteiger partial charge in [-0.15, -0.1) is 0 Å². The maximum atomic E-state index is 5.55. The molecule has 0 saturated carbocycles. The zero-order valence-electron chi connectivity index (χ0n) is 13.6. The van der Waals surface area contributed by atoms with E-state index >= 15 is 0 Å². The highest BCUT2D eigenvalue weighted by molar-refractivity contribution is 4.88. The van der Waals surface area contributed by atoms with Crippen molar-refractivity contribution in [1.82, 2.24) is 10.2 Å². The summed E-state index contributed by atoms with van der Waals surface area (Å²) in [6, 6.07) is 1.33. The van der Waals surface area contributed by atoms with Gasteiger partial charge in [0.25, 0.3) is 0 Å². The van der Waals surface area contributed by atoms with Gasteiger partial charge in [-0.05, 0) is 25.2 Å². The Morgan fingerprint density at radius 3 is 2.58 bits per heavy atom. The molecule has 1 aliphatic heterocycles. The van der Waals surface area contributed by atoms with Crippen molar-refractivity contribution in [2.24, 2.45) is 11.8 Å². The van der Waals surface area contributed by atoms with Gasteiger partial charge in [-0.25, -0.2) is 0 Å². The second-order valence-corrected chi connectivity index (χ2v) is 6.38. The van der Waals surface area contributed by atoms with Crippen LogP contribution < -0.4 is 5.32 Å². The number of ether oxygens (including phenoxy) is 1. The van der Waals surface area contributed by atoms with Gasteiger partial charge in [0.05, 0.1) is 6.61 Å². The van der Waals surface area contributed by atoms with E-state index in [1.54, 1.807) is 0 Å². The van der Waals surface area contributed by atoms with Gasteiger partial charge >= 0.3 is 0 Å². The molecule has 0 radical (unpaired) electrons. The van der Waals surface area contributed by atoms with Crippen molar-refractivity contribution in [2.45, 2.75) is 59.5 Å². The summed E-state index contributed by atoms with van der Waals surface area (Å²) in [5, 5.41) is 3.76. The first kappa shape index (κ1) is 16.9. The lowest BCUT2D eigenvalue weighted by Crippen LogP contribution is -2.59. The molecular weight excluding hydrogens is 236 g/mol. The number of nitrogens with zero attached hydrogens (tertiary/aromatic N) is 1. The number of hydrogen-bond acceptors (Lipinski definition) is 3. The molecule has 1 N–H and O–H groups in total. The third-order valence-electron chi connectivity index (χ3n) is 4.36. The van der Waals surface area contributed by atoms with E-state index in [2.05, 4.69) is 44.8 Å². The quantitative estimate of drug-likeness (QED) is 0.686. The smallest absolute Gasteiger partial charge is 0.0593 e. The summed E-state index contributed by atoms with van der Waals surface area (Å²) in [7, 11) is 0. The fraction of sp³-hybridized carbons (Fsp3) is 1.00. The van der Waals surface area contributed by atoms with Gasteiger partial charge in [0.1, 0.15) is 0 Å². The lowest BCUT2D eigenvalue weighted by Gasteiger charge is -2.43. The summed E-state index contributed by atoms with van der Waals surface area (Å²) in [4.78, 5) is 2.66. The Hall–Kier alpha value is -0.120. The molecule has 1 aliphatic rings. The summed E-state index contributed by atoms with van der Waals surface area (Å²) in [6.07, 6.45) is 2.54. The predicted molar refractivity (Wildman–Crippen MR) is 82.6 cm³/mol. The van der Waals surface area contributed by atoms with Crippen LogP contribution in [0.4, 0.5) is 0 Å². The third-order valence-corrected chi connectivity index (χ3v) is 4.36. The van der Waals surface area contributed by atoms with Gasteiger partial charge in [0.2, 0.25) is 0 Å². The molecule has 3 heteroatoms. The summed E-state index contributed by atoms with van der Waals surface area (Å²) in [5.74, 6) is 1.52. The molecule has 0 amide bonds. The van der Waals surface area contributed by atoms with Gasteiger partial charge in [-0.1, -0.05) is 34.1 Å². The minimum atomic E-state index is 0.648. The van der Waals surface area contributed by atoms with Crippen molar-refractivity contribution >= 4 is 0 Å².